The summed E-state index contributed by atoms with van der Waals surface area (Å²) < 4.78 is 3.57. The Kier molecular flexibility index (Phi) is 4.87. The Morgan fingerprint density at radius 2 is 1.83 bits per heavy atom. The normalized spacial score (nSPS) is 10.8. The molecule has 1 aromatic heterocycles. The Labute approximate surface area is 156 Å². The number of hydrogen-bond donors (Lipinski definition) is 1. The Bertz CT molecular complexity index is 902. The van der Waals surface area contributed by atoms with Crippen LogP contribution in [0.5, 0.6) is 0 Å². The highest BCUT2D eigenvalue weighted by Crippen LogP contribution is 2.29. The number of rotatable bonds is 4. The third-order valence-corrected chi connectivity index (χ3v) is 4.72. The zero-order valence-corrected chi connectivity index (χ0v) is 16.0. The van der Waals surface area contributed by atoms with Crippen LogP contribution < -0.4 is 0 Å². The number of carbonyl (C=O) groups is 1. The lowest BCUT2D eigenvalue weighted by Crippen LogP contribution is -2.05. The van der Waals surface area contributed by atoms with Gasteiger partial charge in [0.1, 0.15) is 11.3 Å². The van der Waals surface area contributed by atoms with Gasteiger partial charge in [-0.05, 0) is 36.8 Å². The van der Waals surface area contributed by atoms with Crippen molar-refractivity contribution < 1.29 is 9.90 Å². The van der Waals surface area contributed by atoms with Gasteiger partial charge < -0.3 is 5.11 Å². The molecule has 0 fully saturated rings. The molecule has 0 unspecified atom stereocenters. The summed E-state index contributed by atoms with van der Waals surface area (Å²) in [5, 5.41) is 14.3. The maximum atomic E-state index is 11.9. The van der Waals surface area contributed by atoms with Gasteiger partial charge in [-0.3, -0.25) is 0 Å². The van der Waals surface area contributed by atoms with Crippen molar-refractivity contribution in [1.82, 2.24) is 9.78 Å². The first kappa shape index (κ1) is 16.9. The number of carboxylic acid groups (broad SMARTS) is 1. The fourth-order valence-electron chi connectivity index (χ4n) is 2.64. The molecule has 0 saturated heterocycles. The van der Waals surface area contributed by atoms with E-state index in [9.17, 15) is 9.90 Å². The van der Waals surface area contributed by atoms with E-state index in [-0.39, 0.29) is 5.56 Å². The summed E-state index contributed by atoms with van der Waals surface area (Å²) in [6.45, 7) is 1.93. The molecular formula is C18H14Br2N2O2. The maximum absolute atomic E-state index is 11.9. The van der Waals surface area contributed by atoms with E-state index in [1.807, 2.05) is 55.5 Å². The number of aromatic carboxylic acids is 1. The van der Waals surface area contributed by atoms with Gasteiger partial charge in [-0.15, -0.1) is 0 Å². The van der Waals surface area contributed by atoms with E-state index in [4.69, 9.17) is 0 Å². The lowest BCUT2D eigenvalue weighted by Gasteiger charge is -2.06. The minimum Gasteiger partial charge on any atom is -0.478 e. The van der Waals surface area contributed by atoms with Crippen LogP contribution in [0.4, 0.5) is 0 Å². The lowest BCUT2D eigenvalue weighted by molar-refractivity contribution is 0.0696. The molecule has 0 atom stereocenters. The smallest absolute Gasteiger partial charge is 0.339 e. The molecule has 0 spiro atoms. The van der Waals surface area contributed by atoms with E-state index in [0.29, 0.717) is 17.8 Å². The summed E-state index contributed by atoms with van der Waals surface area (Å²) in [7, 11) is 0. The summed E-state index contributed by atoms with van der Waals surface area (Å²) in [6, 6.07) is 15.1. The molecule has 3 aromatic rings. The van der Waals surface area contributed by atoms with Gasteiger partial charge in [0.25, 0.3) is 0 Å². The van der Waals surface area contributed by atoms with Gasteiger partial charge in [0.15, 0.2) is 0 Å². The molecule has 1 heterocycles. The van der Waals surface area contributed by atoms with Crippen molar-refractivity contribution in [3.63, 3.8) is 0 Å². The molecule has 0 aliphatic rings. The highest BCUT2D eigenvalue weighted by Gasteiger charge is 2.24. The Morgan fingerprint density at radius 1 is 1.12 bits per heavy atom. The van der Waals surface area contributed by atoms with Crippen LogP contribution in [-0.4, -0.2) is 20.9 Å². The molecule has 6 heteroatoms. The van der Waals surface area contributed by atoms with Crippen molar-refractivity contribution in [3.8, 4) is 16.9 Å². The molecule has 24 heavy (non-hydrogen) atoms. The fraction of sp³-hybridized carbons (Fsp3) is 0.111. The number of aromatic nitrogens is 2. The third kappa shape index (κ3) is 3.16. The van der Waals surface area contributed by atoms with E-state index in [0.717, 1.165) is 20.2 Å². The van der Waals surface area contributed by atoms with Crippen LogP contribution in [0.15, 0.2) is 57.5 Å². The van der Waals surface area contributed by atoms with Crippen molar-refractivity contribution in [1.29, 1.82) is 0 Å². The van der Waals surface area contributed by atoms with Crippen LogP contribution in [0.25, 0.3) is 16.9 Å². The average Bonchev–Trinajstić information content (AvgIpc) is 2.95. The number of carboxylic acids is 1. The summed E-state index contributed by atoms with van der Waals surface area (Å²) in [5.41, 5.74) is 3.01. The molecule has 0 radical (unpaired) electrons. The summed E-state index contributed by atoms with van der Waals surface area (Å²) in [6.07, 6.45) is 0.567. The second-order valence-corrected chi connectivity index (χ2v) is 7.06. The van der Waals surface area contributed by atoms with Crippen LogP contribution in [0.2, 0.25) is 0 Å². The Balaban J connectivity index is 2.26. The fourth-order valence-corrected chi connectivity index (χ4v) is 3.29. The molecule has 4 nitrogen and oxygen atoms in total. The third-order valence-electron chi connectivity index (χ3n) is 3.70. The monoisotopic (exact) mass is 448 g/mol. The van der Waals surface area contributed by atoms with Crippen molar-refractivity contribution in [2.75, 3.05) is 0 Å². The number of benzene rings is 2. The van der Waals surface area contributed by atoms with Gasteiger partial charge in [0, 0.05) is 14.5 Å². The predicted octanol–water partition coefficient (Wildman–Crippen LogP) is 5.32. The lowest BCUT2D eigenvalue weighted by atomic mass is 10.0. The van der Waals surface area contributed by atoms with Gasteiger partial charge in [-0.1, -0.05) is 57.0 Å². The molecule has 122 valence electrons. The minimum atomic E-state index is -0.967. The van der Waals surface area contributed by atoms with Crippen LogP contribution in [0, 0.1) is 0 Å². The van der Waals surface area contributed by atoms with Crippen LogP contribution >= 0.6 is 31.9 Å². The second kappa shape index (κ2) is 6.91. The molecular weight excluding hydrogens is 436 g/mol. The van der Waals surface area contributed by atoms with E-state index in [2.05, 4.69) is 37.0 Å². The van der Waals surface area contributed by atoms with Crippen LogP contribution in [0.1, 0.15) is 23.0 Å². The van der Waals surface area contributed by atoms with Gasteiger partial charge >= 0.3 is 5.97 Å². The van der Waals surface area contributed by atoms with Crippen molar-refractivity contribution in [2.24, 2.45) is 0 Å². The van der Waals surface area contributed by atoms with Crippen LogP contribution in [0.3, 0.4) is 0 Å². The predicted molar refractivity (Wildman–Crippen MR) is 101 cm³/mol. The van der Waals surface area contributed by atoms with Crippen molar-refractivity contribution in [3.05, 3.63) is 68.7 Å². The first-order valence-corrected chi connectivity index (χ1v) is 8.97. The zero-order chi connectivity index (χ0) is 17.3. The number of nitrogens with zero attached hydrogens (tertiary/aromatic N) is 2. The highest BCUT2D eigenvalue weighted by molar-refractivity contribution is 9.10. The first-order chi connectivity index (χ1) is 11.5. The van der Waals surface area contributed by atoms with E-state index >= 15 is 0 Å². The van der Waals surface area contributed by atoms with E-state index < -0.39 is 5.97 Å². The topological polar surface area (TPSA) is 55.1 Å². The SMILES string of the molecule is CCc1c(C(=O)O)c(-c2ccc(Br)cc2)nn1-c1cccc(Br)c1. The maximum Gasteiger partial charge on any atom is 0.339 e. The Hall–Kier alpha value is -1.92. The first-order valence-electron chi connectivity index (χ1n) is 7.38. The quantitative estimate of drug-likeness (QED) is 0.585. The molecule has 3 rings (SSSR count). The van der Waals surface area contributed by atoms with Gasteiger partial charge in [-0.2, -0.15) is 5.10 Å². The molecule has 0 aliphatic carbocycles. The standard InChI is InChI=1S/C18H14Br2N2O2/c1-2-15-16(18(23)24)17(11-6-8-12(19)9-7-11)21-22(15)14-5-3-4-13(20)10-14/h3-10H,2H2,1H3,(H,23,24). The molecule has 0 amide bonds. The summed E-state index contributed by atoms with van der Waals surface area (Å²) in [5.74, 6) is -0.967. The molecule has 0 saturated carbocycles. The summed E-state index contributed by atoms with van der Waals surface area (Å²) in [4.78, 5) is 11.9. The molecule has 0 aliphatic heterocycles. The second-order valence-electron chi connectivity index (χ2n) is 5.23. The van der Waals surface area contributed by atoms with Gasteiger partial charge in [-0.25, -0.2) is 9.48 Å². The largest absolute Gasteiger partial charge is 0.478 e. The average molecular weight is 450 g/mol. The molecule has 0 bridgehead atoms. The van der Waals surface area contributed by atoms with Gasteiger partial charge in [0.05, 0.1) is 11.4 Å². The van der Waals surface area contributed by atoms with E-state index in [1.165, 1.54) is 0 Å². The van der Waals surface area contributed by atoms with Gasteiger partial charge in [0.2, 0.25) is 0 Å². The number of halogens is 2. The Morgan fingerprint density at radius 3 is 2.42 bits per heavy atom. The molecule has 2 aromatic carbocycles. The van der Waals surface area contributed by atoms with Crippen molar-refractivity contribution in [2.45, 2.75) is 13.3 Å². The molecule has 1 N–H and O–H groups in total. The zero-order valence-electron chi connectivity index (χ0n) is 12.8. The van der Waals surface area contributed by atoms with E-state index in [1.54, 1.807) is 4.68 Å². The van der Waals surface area contributed by atoms with Crippen molar-refractivity contribution >= 4 is 37.8 Å². The number of hydrogen-bond acceptors (Lipinski definition) is 2. The summed E-state index contributed by atoms with van der Waals surface area (Å²) >= 11 is 6.85. The minimum absolute atomic E-state index is 0.250. The highest BCUT2D eigenvalue weighted by atomic mass is 79.9. The van der Waals surface area contributed by atoms with Crippen LogP contribution in [-0.2, 0) is 6.42 Å².